The topological polar surface area (TPSA) is 56.8 Å². The second-order valence-corrected chi connectivity index (χ2v) is 5.62. The number of hydrogen-bond donors (Lipinski definition) is 1. The van der Waals surface area contributed by atoms with Crippen LogP contribution in [0.1, 0.15) is 18.4 Å². The zero-order chi connectivity index (χ0) is 17.9. The molecule has 0 atom stereocenters. The first kappa shape index (κ1) is 18.6. The third-order valence-electron chi connectivity index (χ3n) is 3.56. The predicted octanol–water partition coefficient (Wildman–Crippen LogP) is 3.36. The number of para-hydroxylation sites is 2. The summed E-state index contributed by atoms with van der Waals surface area (Å²) in [6, 6.07) is 15.3. The van der Waals surface area contributed by atoms with E-state index in [1.165, 1.54) is 0 Å². The van der Waals surface area contributed by atoms with Crippen LogP contribution < -0.4 is 19.5 Å². The minimum Gasteiger partial charge on any atom is -0.494 e. The Hall–Kier alpha value is -2.69. The van der Waals surface area contributed by atoms with E-state index in [2.05, 4.69) is 5.32 Å². The summed E-state index contributed by atoms with van der Waals surface area (Å²) in [4.78, 5) is 11.8. The van der Waals surface area contributed by atoms with E-state index in [1.54, 1.807) is 7.11 Å². The van der Waals surface area contributed by atoms with Gasteiger partial charge in [0.2, 0.25) is 5.91 Å². The number of nitrogens with one attached hydrogen (secondary N) is 1. The zero-order valence-electron chi connectivity index (χ0n) is 14.8. The first-order valence-electron chi connectivity index (χ1n) is 8.41. The molecule has 0 fully saturated rings. The smallest absolute Gasteiger partial charge is 0.220 e. The van der Waals surface area contributed by atoms with Crippen molar-refractivity contribution >= 4 is 5.91 Å². The average molecular weight is 343 g/mol. The highest BCUT2D eigenvalue weighted by Gasteiger charge is 2.04. The van der Waals surface area contributed by atoms with Crippen LogP contribution >= 0.6 is 0 Å². The van der Waals surface area contributed by atoms with E-state index < -0.39 is 0 Å². The van der Waals surface area contributed by atoms with Gasteiger partial charge in [-0.15, -0.1) is 0 Å². The van der Waals surface area contributed by atoms with Gasteiger partial charge in [-0.1, -0.05) is 24.3 Å². The third-order valence-corrected chi connectivity index (χ3v) is 3.56. The maximum absolute atomic E-state index is 11.8. The van der Waals surface area contributed by atoms with Gasteiger partial charge in [-0.2, -0.15) is 0 Å². The molecule has 0 aliphatic rings. The lowest BCUT2D eigenvalue weighted by Crippen LogP contribution is -2.28. The minimum atomic E-state index is -0.00327. The Morgan fingerprint density at radius 1 is 1.00 bits per heavy atom. The van der Waals surface area contributed by atoms with Gasteiger partial charge in [-0.3, -0.25) is 4.79 Å². The highest BCUT2D eigenvalue weighted by atomic mass is 16.5. The molecular weight excluding hydrogens is 318 g/mol. The molecule has 1 amide bonds. The molecule has 0 aliphatic heterocycles. The van der Waals surface area contributed by atoms with Crippen molar-refractivity contribution < 1.29 is 19.0 Å². The number of ether oxygens (including phenoxy) is 3. The third kappa shape index (κ3) is 6.75. The highest BCUT2D eigenvalue weighted by molar-refractivity contribution is 5.75. The molecule has 0 unspecified atom stereocenters. The molecule has 0 spiro atoms. The summed E-state index contributed by atoms with van der Waals surface area (Å²) >= 11 is 0. The van der Waals surface area contributed by atoms with Crippen molar-refractivity contribution in [2.24, 2.45) is 0 Å². The van der Waals surface area contributed by atoms with Gasteiger partial charge >= 0.3 is 0 Å². The molecule has 2 aromatic carbocycles. The van der Waals surface area contributed by atoms with E-state index in [4.69, 9.17) is 14.2 Å². The monoisotopic (exact) mass is 343 g/mol. The van der Waals surface area contributed by atoms with E-state index in [0.29, 0.717) is 44.1 Å². The number of hydrogen-bond acceptors (Lipinski definition) is 4. The Bertz CT molecular complexity index is 672. The van der Waals surface area contributed by atoms with Crippen molar-refractivity contribution in [1.82, 2.24) is 5.32 Å². The summed E-state index contributed by atoms with van der Waals surface area (Å²) < 4.78 is 16.4. The second-order valence-electron chi connectivity index (χ2n) is 5.62. The van der Waals surface area contributed by atoms with Gasteiger partial charge in [-0.25, -0.2) is 0 Å². The van der Waals surface area contributed by atoms with E-state index in [-0.39, 0.29) is 5.91 Å². The molecule has 134 valence electrons. The van der Waals surface area contributed by atoms with E-state index in [0.717, 1.165) is 11.3 Å². The molecule has 2 aromatic rings. The Morgan fingerprint density at radius 2 is 1.80 bits per heavy atom. The van der Waals surface area contributed by atoms with Crippen molar-refractivity contribution in [2.45, 2.75) is 19.8 Å². The average Bonchev–Trinajstić information content (AvgIpc) is 2.63. The van der Waals surface area contributed by atoms with E-state index >= 15 is 0 Å². The molecule has 0 aromatic heterocycles. The second kappa shape index (κ2) is 10.2. The van der Waals surface area contributed by atoms with Crippen LogP contribution in [0, 0.1) is 6.92 Å². The van der Waals surface area contributed by atoms with Crippen molar-refractivity contribution in [3.8, 4) is 17.2 Å². The molecule has 0 saturated heterocycles. The van der Waals surface area contributed by atoms with Crippen LogP contribution in [0.25, 0.3) is 0 Å². The number of carbonyl (C=O) groups is 1. The Morgan fingerprint density at radius 3 is 2.56 bits per heavy atom. The van der Waals surface area contributed by atoms with Crippen LogP contribution in [-0.4, -0.2) is 32.8 Å². The highest BCUT2D eigenvalue weighted by Crippen LogP contribution is 2.25. The van der Waals surface area contributed by atoms with Crippen LogP contribution in [-0.2, 0) is 4.79 Å². The number of amides is 1. The van der Waals surface area contributed by atoms with Gasteiger partial charge in [0, 0.05) is 6.42 Å². The number of rotatable bonds is 10. The maximum Gasteiger partial charge on any atom is 0.220 e. The van der Waals surface area contributed by atoms with Crippen LogP contribution in [0.5, 0.6) is 17.2 Å². The fourth-order valence-corrected chi connectivity index (χ4v) is 2.31. The fraction of sp³-hybridized carbons (Fsp3) is 0.350. The molecule has 5 nitrogen and oxygen atoms in total. The number of carbonyl (C=O) groups excluding carboxylic acids is 1. The maximum atomic E-state index is 11.8. The van der Waals surface area contributed by atoms with E-state index in [1.807, 2.05) is 55.5 Å². The largest absolute Gasteiger partial charge is 0.494 e. The van der Waals surface area contributed by atoms with Gasteiger partial charge in [0.1, 0.15) is 12.4 Å². The lowest BCUT2D eigenvalue weighted by molar-refractivity contribution is -0.121. The van der Waals surface area contributed by atoms with Gasteiger partial charge in [0.25, 0.3) is 0 Å². The molecular formula is C20H25NO4. The molecule has 1 N–H and O–H groups in total. The van der Waals surface area contributed by atoms with Gasteiger partial charge in [0.15, 0.2) is 11.5 Å². The summed E-state index contributed by atoms with van der Waals surface area (Å²) in [5, 5.41) is 2.84. The Balaban J connectivity index is 1.56. The summed E-state index contributed by atoms with van der Waals surface area (Å²) in [5.41, 5.74) is 1.16. The molecule has 0 heterocycles. The first-order valence-corrected chi connectivity index (χ1v) is 8.41. The van der Waals surface area contributed by atoms with Gasteiger partial charge < -0.3 is 19.5 Å². The van der Waals surface area contributed by atoms with Crippen LogP contribution in [0.2, 0.25) is 0 Å². The Labute approximate surface area is 148 Å². The van der Waals surface area contributed by atoms with Crippen molar-refractivity contribution in [3.63, 3.8) is 0 Å². The molecule has 2 rings (SSSR count). The van der Waals surface area contributed by atoms with E-state index in [9.17, 15) is 4.79 Å². The van der Waals surface area contributed by atoms with Crippen LogP contribution in [0.4, 0.5) is 0 Å². The van der Waals surface area contributed by atoms with Gasteiger partial charge in [-0.05, 0) is 43.2 Å². The SMILES string of the molecule is COc1ccccc1OCCNC(=O)CCCOc1cccc(C)c1. The summed E-state index contributed by atoms with van der Waals surface area (Å²) in [5.74, 6) is 2.19. The fourth-order valence-electron chi connectivity index (χ4n) is 2.31. The normalized spacial score (nSPS) is 10.2. The molecule has 0 aliphatic carbocycles. The lowest BCUT2D eigenvalue weighted by Gasteiger charge is -2.11. The summed E-state index contributed by atoms with van der Waals surface area (Å²) in [6.07, 6.45) is 1.10. The standard InChI is InChI=1S/C20H25NO4/c1-16-7-5-8-17(15-16)24-13-6-11-20(22)21-12-14-25-19-10-4-3-9-18(19)23-2/h3-5,7-10,15H,6,11-14H2,1-2H3,(H,21,22). The molecule has 0 bridgehead atoms. The Kier molecular flexibility index (Phi) is 7.63. The predicted molar refractivity (Wildman–Crippen MR) is 97.4 cm³/mol. The van der Waals surface area contributed by atoms with Crippen LogP contribution in [0.15, 0.2) is 48.5 Å². The molecule has 25 heavy (non-hydrogen) atoms. The van der Waals surface area contributed by atoms with Crippen molar-refractivity contribution in [2.75, 3.05) is 26.9 Å². The summed E-state index contributed by atoms with van der Waals surface area (Å²) in [7, 11) is 1.60. The molecule has 5 heteroatoms. The minimum absolute atomic E-state index is 0.00327. The number of methoxy groups -OCH3 is 1. The first-order chi connectivity index (χ1) is 12.2. The summed E-state index contributed by atoms with van der Waals surface area (Å²) in [6.45, 7) is 3.39. The van der Waals surface area contributed by atoms with Gasteiger partial charge in [0.05, 0.1) is 20.3 Å². The molecule has 0 saturated carbocycles. The number of aryl methyl sites for hydroxylation is 1. The quantitative estimate of drug-likeness (QED) is 0.672. The molecule has 0 radical (unpaired) electrons. The lowest BCUT2D eigenvalue weighted by atomic mass is 10.2. The van der Waals surface area contributed by atoms with Crippen molar-refractivity contribution in [1.29, 1.82) is 0 Å². The van der Waals surface area contributed by atoms with Crippen molar-refractivity contribution in [3.05, 3.63) is 54.1 Å². The number of benzene rings is 2. The van der Waals surface area contributed by atoms with Crippen LogP contribution in [0.3, 0.4) is 0 Å². The zero-order valence-corrected chi connectivity index (χ0v) is 14.8.